The quantitative estimate of drug-likeness (QED) is 0.375. The van der Waals surface area contributed by atoms with Gasteiger partial charge in [0.15, 0.2) is 0 Å². The summed E-state index contributed by atoms with van der Waals surface area (Å²) in [6.45, 7) is 5.91. The molecule has 3 N–H and O–H groups in total. The highest BCUT2D eigenvalue weighted by Crippen LogP contribution is 2.44. The molecule has 35 heavy (non-hydrogen) atoms. The number of allylic oxidation sites excluding steroid dienone is 1. The number of aliphatic carboxylic acids is 1. The Morgan fingerprint density at radius 1 is 1.09 bits per heavy atom. The number of hydrogen-bond donors (Lipinski definition) is 3. The third kappa shape index (κ3) is 6.93. The number of benzene rings is 2. The van der Waals surface area contributed by atoms with E-state index in [-0.39, 0.29) is 25.5 Å². The van der Waals surface area contributed by atoms with Crippen LogP contribution in [0.2, 0.25) is 0 Å². The molecule has 2 aromatic rings. The van der Waals surface area contributed by atoms with Gasteiger partial charge in [-0.25, -0.2) is 4.79 Å². The van der Waals surface area contributed by atoms with Crippen LogP contribution in [0.1, 0.15) is 43.2 Å². The second-order valence-corrected chi connectivity index (χ2v) is 8.31. The summed E-state index contributed by atoms with van der Waals surface area (Å²) < 4.78 is 10.9. The van der Waals surface area contributed by atoms with Gasteiger partial charge in [-0.1, -0.05) is 54.6 Å². The van der Waals surface area contributed by atoms with E-state index < -0.39 is 30.1 Å². The smallest absolute Gasteiger partial charge is 0.407 e. The van der Waals surface area contributed by atoms with E-state index in [1.54, 1.807) is 13.0 Å². The number of fused-ring (bicyclic) bond motifs is 3. The van der Waals surface area contributed by atoms with Gasteiger partial charge in [0.1, 0.15) is 12.6 Å². The van der Waals surface area contributed by atoms with Gasteiger partial charge >= 0.3 is 12.1 Å². The van der Waals surface area contributed by atoms with Gasteiger partial charge in [0.05, 0.1) is 12.5 Å². The number of carbonyl (C=O) groups is 3. The fourth-order valence-corrected chi connectivity index (χ4v) is 4.29. The monoisotopic (exact) mass is 480 g/mol. The van der Waals surface area contributed by atoms with E-state index in [1.807, 2.05) is 36.4 Å². The number of ether oxygens (including phenoxy) is 2. The molecule has 0 aromatic heterocycles. The maximum absolute atomic E-state index is 12.7. The number of carboxylic acid groups (broad SMARTS) is 1. The lowest BCUT2D eigenvalue weighted by atomic mass is 9.98. The number of alkyl carbamates (subject to hydrolysis) is 1. The SMILES string of the molecule is C=CCCC(NC(=O)OCC1c2ccccc2-c2ccccc21)C(=O)NCC(CC(=O)O)OCC. The summed E-state index contributed by atoms with van der Waals surface area (Å²) in [5.41, 5.74) is 4.46. The number of rotatable bonds is 13. The van der Waals surface area contributed by atoms with E-state index in [1.165, 1.54) is 0 Å². The first-order chi connectivity index (χ1) is 16.9. The Bertz CT molecular complexity index is 1010. The van der Waals surface area contributed by atoms with Crippen LogP contribution in [0.4, 0.5) is 4.79 Å². The van der Waals surface area contributed by atoms with Crippen molar-refractivity contribution in [2.24, 2.45) is 0 Å². The van der Waals surface area contributed by atoms with Gasteiger partial charge < -0.3 is 25.2 Å². The van der Waals surface area contributed by atoms with E-state index in [0.29, 0.717) is 19.4 Å². The van der Waals surface area contributed by atoms with Crippen LogP contribution in [0.5, 0.6) is 0 Å². The standard InChI is InChI=1S/C27H32N2O6/c1-3-5-14-24(26(32)28-16-18(34-4-2)15-25(30)31)29-27(33)35-17-23-21-12-8-6-10-19(21)20-11-7-9-13-22(20)23/h3,6-13,18,23-24H,1,4-5,14-17H2,2H3,(H,28,32)(H,29,33)(H,30,31). The van der Waals surface area contributed by atoms with Gasteiger partial charge in [-0.05, 0) is 42.0 Å². The molecule has 0 aliphatic heterocycles. The van der Waals surface area contributed by atoms with Gasteiger partial charge in [0, 0.05) is 19.1 Å². The Morgan fingerprint density at radius 2 is 1.71 bits per heavy atom. The first-order valence-electron chi connectivity index (χ1n) is 11.8. The Labute approximate surface area is 205 Å². The lowest BCUT2D eigenvalue weighted by Crippen LogP contribution is -2.49. The largest absolute Gasteiger partial charge is 0.481 e. The predicted octanol–water partition coefficient (Wildman–Crippen LogP) is 3.86. The maximum Gasteiger partial charge on any atom is 0.407 e. The van der Waals surface area contributed by atoms with Crippen molar-refractivity contribution in [3.8, 4) is 11.1 Å². The molecule has 0 bridgehead atoms. The van der Waals surface area contributed by atoms with Crippen molar-refractivity contribution in [1.82, 2.24) is 10.6 Å². The second kappa shape index (κ2) is 12.7. The van der Waals surface area contributed by atoms with Crippen LogP contribution in [0.25, 0.3) is 11.1 Å². The zero-order chi connectivity index (χ0) is 25.2. The van der Waals surface area contributed by atoms with Crippen molar-refractivity contribution >= 4 is 18.0 Å². The van der Waals surface area contributed by atoms with Crippen LogP contribution < -0.4 is 10.6 Å². The topological polar surface area (TPSA) is 114 Å². The van der Waals surface area contributed by atoms with Gasteiger partial charge in [0.25, 0.3) is 0 Å². The zero-order valence-corrected chi connectivity index (χ0v) is 19.9. The van der Waals surface area contributed by atoms with E-state index in [9.17, 15) is 14.4 Å². The molecular formula is C27H32N2O6. The molecule has 8 heteroatoms. The van der Waals surface area contributed by atoms with Gasteiger partial charge in [0.2, 0.25) is 5.91 Å². The maximum atomic E-state index is 12.7. The Morgan fingerprint density at radius 3 is 2.29 bits per heavy atom. The molecule has 0 saturated heterocycles. The fourth-order valence-electron chi connectivity index (χ4n) is 4.29. The average molecular weight is 481 g/mol. The Hall–Kier alpha value is -3.65. The van der Waals surface area contributed by atoms with Crippen LogP contribution in [-0.2, 0) is 19.1 Å². The highest BCUT2D eigenvalue weighted by atomic mass is 16.5. The molecule has 0 fully saturated rings. The van der Waals surface area contributed by atoms with Gasteiger partial charge in [-0.3, -0.25) is 9.59 Å². The molecule has 0 spiro atoms. The lowest BCUT2D eigenvalue weighted by molar-refractivity contribution is -0.140. The van der Waals surface area contributed by atoms with E-state index >= 15 is 0 Å². The summed E-state index contributed by atoms with van der Waals surface area (Å²) in [4.78, 5) is 36.4. The first kappa shape index (κ1) is 26.0. The summed E-state index contributed by atoms with van der Waals surface area (Å²) in [6, 6.07) is 15.2. The molecule has 1 aliphatic rings. The number of carboxylic acids is 1. The molecule has 3 rings (SSSR count). The minimum absolute atomic E-state index is 0.0237. The average Bonchev–Trinajstić information content (AvgIpc) is 3.17. The molecule has 2 atom stereocenters. The molecule has 0 radical (unpaired) electrons. The minimum atomic E-state index is -1.02. The number of nitrogens with one attached hydrogen (secondary N) is 2. The van der Waals surface area contributed by atoms with Gasteiger partial charge in [-0.15, -0.1) is 6.58 Å². The Balaban J connectivity index is 1.60. The number of carbonyl (C=O) groups excluding carboxylic acids is 2. The third-order valence-electron chi connectivity index (χ3n) is 5.92. The van der Waals surface area contributed by atoms with Crippen LogP contribution in [-0.4, -0.2) is 55.0 Å². The predicted molar refractivity (Wildman–Crippen MR) is 132 cm³/mol. The van der Waals surface area contributed by atoms with Crippen LogP contribution in [0, 0.1) is 0 Å². The van der Waals surface area contributed by atoms with Crippen molar-refractivity contribution in [3.05, 3.63) is 72.3 Å². The van der Waals surface area contributed by atoms with Crippen molar-refractivity contribution in [2.75, 3.05) is 19.8 Å². The highest BCUT2D eigenvalue weighted by Gasteiger charge is 2.30. The summed E-state index contributed by atoms with van der Waals surface area (Å²) >= 11 is 0. The number of amides is 2. The molecule has 186 valence electrons. The van der Waals surface area contributed by atoms with E-state index in [4.69, 9.17) is 14.6 Å². The van der Waals surface area contributed by atoms with E-state index in [0.717, 1.165) is 22.3 Å². The van der Waals surface area contributed by atoms with Crippen molar-refractivity contribution < 1.29 is 29.0 Å². The molecule has 2 amide bonds. The summed E-state index contributed by atoms with van der Waals surface area (Å²) in [5, 5.41) is 14.3. The van der Waals surface area contributed by atoms with Crippen LogP contribution in [0.15, 0.2) is 61.2 Å². The molecule has 1 aliphatic carbocycles. The summed E-state index contributed by atoms with van der Waals surface area (Å²) in [5.74, 6) is -1.54. The van der Waals surface area contributed by atoms with Crippen LogP contribution >= 0.6 is 0 Å². The zero-order valence-electron chi connectivity index (χ0n) is 19.9. The third-order valence-corrected chi connectivity index (χ3v) is 5.92. The minimum Gasteiger partial charge on any atom is -0.481 e. The van der Waals surface area contributed by atoms with Crippen molar-refractivity contribution in [2.45, 2.75) is 44.2 Å². The summed E-state index contributed by atoms with van der Waals surface area (Å²) in [7, 11) is 0. The van der Waals surface area contributed by atoms with E-state index in [2.05, 4.69) is 29.3 Å². The fraction of sp³-hybridized carbons (Fsp3) is 0.370. The van der Waals surface area contributed by atoms with Crippen molar-refractivity contribution in [1.29, 1.82) is 0 Å². The van der Waals surface area contributed by atoms with Crippen LogP contribution in [0.3, 0.4) is 0 Å². The van der Waals surface area contributed by atoms with Gasteiger partial charge in [-0.2, -0.15) is 0 Å². The molecule has 2 aromatic carbocycles. The first-order valence-corrected chi connectivity index (χ1v) is 11.8. The Kier molecular flexibility index (Phi) is 9.43. The lowest BCUT2D eigenvalue weighted by Gasteiger charge is -2.21. The highest BCUT2D eigenvalue weighted by molar-refractivity contribution is 5.86. The molecule has 0 saturated carbocycles. The summed E-state index contributed by atoms with van der Waals surface area (Å²) in [6.07, 6.45) is 0.918. The normalized spacial score (nSPS) is 13.7. The van der Waals surface area contributed by atoms with Crippen molar-refractivity contribution in [3.63, 3.8) is 0 Å². The molecule has 8 nitrogen and oxygen atoms in total. The molecule has 2 unspecified atom stereocenters. The second-order valence-electron chi connectivity index (χ2n) is 8.31. The number of hydrogen-bond acceptors (Lipinski definition) is 5. The molecular weight excluding hydrogens is 448 g/mol. The molecule has 0 heterocycles.